The summed E-state index contributed by atoms with van der Waals surface area (Å²) in [5.74, 6) is 0. The molecule has 0 spiro atoms. The second kappa shape index (κ2) is 3.48. The lowest BCUT2D eigenvalue weighted by Gasteiger charge is -2.19. The maximum Gasteiger partial charge on any atom is 0.0851 e. The summed E-state index contributed by atoms with van der Waals surface area (Å²) in [4.78, 5) is 0. The van der Waals surface area contributed by atoms with Crippen LogP contribution in [0.3, 0.4) is 0 Å². The van der Waals surface area contributed by atoms with Crippen molar-refractivity contribution in [2.45, 2.75) is 19.4 Å². The van der Waals surface area contributed by atoms with Crippen LogP contribution in [0.2, 0.25) is 0 Å². The minimum absolute atomic E-state index is 0.803. The molecule has 0 fully saturated rings. The molecule has 0 aliphatic carbocycles. The van der Waals surface area contributed by atoms with Crippen molar-refractivity contribution in [2.24, 2.45) is 0 Å². The zero-order valence-corrected chi connectivity index (χ0v) is 10.1. The van der Waals surface area contributed by atoms with Gasteiger partial charge in [-0.3, -0.25) is 0 Å². The van der Waals surface area contributed by atoms with Gasteiger partial charge in [0.25, 0.3) is 0 Å². The van der Waals surface area contributed by atoms with Crippen molar-refractivity contribution in [1.82, 2.24) is 0 Å². The van der Waals surface area contributed by atoms with Gasteiger partial charge >= 0.3 is 0 Å². The lowest BCUT2D eigenvalue weighted by Crippen LogP contribution is -2.16. The van der Waals surface area contributed by atoms with E-state index in [-0.39, 0.29) is 0 Å². The molecular weight excluding hydrogens is 284 g/mol. The van der Waals surface area contributed by atoms with Gasteiger partial charge in [0.2, 0.25) is 0 Å². The summed E-state index contributed by atoms with van der Waals surface area (Å²) in [5.41, 5.74) is 0.0830. The first kappa shape index (κ1) is 10.2. The van der Waals surface area contributed by atoms with Crippen molar-refractivity contribution in [3.8, 4) is 0 Å². The van der Waals surface area contributed by atoms with Crippen LogP contribution in [0.15, 0.2) is 27.1 Å². The highest BCUT2D eigenvalue weighted by molar-refractivity contribution is 9.13. The molecule has 0 heterocycles. The van der Waals surface area contributed by atoms with Crippen molar-refractivity contribution < 1.29 is 5.11 Å². The van der Waals surface area contributed by atoms with E-state index in [1.807, 2.05) is 18.2 Å². The molecule has 1 aromatic rings. The molecule has 0 amide bonds. The standard InChI is InChI=1S/C9H10Br2O/c1-9(2,12)6-4-3-5-7(10)8(6)11/h3-5,12H,1-2H3. The van der Waals surface area contributed by atoms with E-state index < -0.39 is 5.60 Å². The van der Waals surface area contributed by atoms with Crippen LogP contribution in [-0.4, -0.2) is 5.11 Å². The molecule has 1 N–H and O–H groups in total. The summed E-state index contributed by atoms with van der Waals surface area (Å²) in [7, 11) is 0. The van der Waals surface area contributed by atoms with Crippen molar-refractivity contribution in [3.05, 3.63) is 32.7 Å². The highest BCUT2D eigenvalue weighted by Gasteiger charge is 2.19. The van der Waals surface area contributed by atoms with Crippen LogP contribution < -0.4 is 0 Å². The summed E-state index contributed by atoms with van der Waals surface area (Å²) in [5, 5.41) is 9.74. The van der Waals surface area contributed by atoms with Crippen LogP contribution in [-0.2, 0) is 5.60 Å². The predicted molar refractivity (Wildman–Crippen MR) is 57.1 cm³/mol. The van der Waals surface area contributed by atoms with Gasteiger partial charge in [0.15, 0.2) is 0 Å². The third-order valence-electron chi connectivity index (χ3n) is 1.61. The lowest BCUT2D eigenvalue weighted by atomic mass is 9.99. The van der Waals surface area contributed by atoms with Crippen molar-refractivity contribution in [3.63, 3.8) is 0 Å². The van der Waals surface area contributed by atoms with Gasteiger partial charge < -0.3 is 5.11 Å². The molecule has 0 aromatic heterocycles. The number of hydrogen-bond donors (Lipinski definition) is 1. The van der Waals surface area contributed by atoms with Crippen LogP contribution >= 0.6 is 31.9 Å². The van der Waals surface area contributed by atoms with E-state index in [4.69, 9.17) is 0 Å². The zero-order chi connectivity index (χ0) is 9.35. The van der Waals surface area contributed by atoms with Gasteiger partial charge in [0.05, 0.1) is 5.60 Å². The third-order valence-corrected chi connectivity index (χ3v) is 3.66. The van der Waals surface area contributed by atoms with Gasteiger partial charge in [0.1, 0.15) is 0 Å². The minimum Gasteiger partial charge on any atom is -0.386 e. The third kappa shape index (κ3) is 2.09. The smallest absolute Gasteiger partial charge is 0.0851 e. The van der Waals surface area contributed by atoms with Gasteiger partial charge in [-0.2, -0.15) is 0 Å². The SMILES string of the molecule is CC(C)(O)c1cccc(Br)c1Br. The van der Waals surface area contributed by atoms with Crippen molar-refractivity contribution in [1.29, 1.82) is 0 Å². The average Bonchev–Trinajstić information content (AvgIpc) is 1.92. The summed E-state index contributed by atoms with van der Waals surface area (Å²) < 4.78 is 1.87. The molecule has 66 valence electrons. The highest BCUT2D eigenvalue weighted by Crippen LogP contribution is 2.33. The predicted octanol–water partition coefficient (Wildman–Crippen LogP) is 3.44. The van der Waals surface area contributed by atoms with E-state index in [1.165, 1.54) is 0 Å². The topological polar surface area (TPSA) is 20.2 Å². The fourth-order valence-corrected chi connectivity index (χ4v) is 2.09. The minimum atomic E-state index is -0.803. The first-order chi connectivity index (χ1) is 5.43. The fourth-order valence-electron chi connectivity index (χ4n) is 0.976. The molecule has 0 unspecified atom stereocenters. The second-order valence-electron chi connectivity index (χ2n) is 3.16. The van der Waals surface area contributed by atoms with Gasteiger partial charge in [0, 0.05) is 8.95 Å². The molecule has 3 heteroatoms. The first-order valence-corrected chi connectivity index (χ1v) is 5.18. The lowest BCUT2D eigenvalue weighted by molar-refractivity contribution is 0.0777. The second-order valence-corrected chi connectivity index (χ2v) is 4.81. The monoisotopic (exact) mass is 292 g/mol. The Labute approximate surface area is 89.1 Å². The van der Waals surface area contributed by atoms with Gasteiger partial charge in [-0.25, -0.2) is 0 Å². The molecule has 0 saturated carbocycles. The Balaban J connectivity index is 3.26. The van der Waals surface area contributed by atoms with E-state index >= 15 is 0 Å². The molecule has 0 bridgehead atoms. The Hall–Kier alpha value is 0.140. The Morgan fingerprint density at radius 3 is 2.25 bits per heavy atom. The number of benzene rings is 1. The van der Waals surface area contributed by atoms with Crippen LogP contribution in [0.1, 0.15) is 19.4 Å². The molecular formula is C9H10Br2O. The summed E-state index contributed by atoms with van der Waals surface area (Å²) in [6.45, 7) is 3.53. The normalized spacial score (nSPS) is 11.8. The van der Waals surface area contributed by atoms with Gasteiger partial charge in [-0.15, -0.1) is 0 Å². The van der Waals surface area contributed by atoms with E-state index in [9.17, 15) is 5.11 Å². The van der Waals surface area contributed by atoms with Crippen LogP contribution in [0.25, 0.3) is 0 Å². The summed E-state index contributed by atoms with van der Waals surface area (Å²) in [6.07, 6.45) is 0. The molecule has 0 aliphatic rings. The number of aliphatic hydroxyl groups is 1. The van der Waals surface area contributed by atoms with Crippen LogP contribution in [0, 0.1) is 0 Å². The molecule has 0 radical (unpaired) electrons. The molecule has 1 nitrogen and oxygen atoms in total. The zero-order valence-electron chi connectivity index (χ0n) is 6.94. The Morgan fingerprint density at radius 2 is 1.83 bits per heavy atom. The van der Waals surface area contributed by atoms with E-state index in [1.54, 1.807) is 13.8 Å². The molecule has 1 rings (SSSR count). The molecule has 1 aromatic carbocycles. The number of hydrogen-bond acceptors (Lipinski definition) is 1. The van der Waals surface area contributed by atoms with E-state index in [2.05, 4.69) is 31.9 Å². The average molecular weight is 294 g/mol. The molecule has 0 saturated heterocycles. The van der Waals surface area contributed by atoms with E-state index in [0.717, 1.165) is 14.5 Å². The van der Waals surface area contributed by atoms with Crippen molar-refractivity contribution in [2.75, 3.05) is 0 Å². The summed E-state index contributed by atoms with van der Waals surface area (Å²) >= 11 is 6.79. The number of rotatable bonds is 1. The maximum atomic E-state index is 9.74. The Morgan fingerprint density at radius 1 is 1.25 bits per heavy atom. The quantitative estimate of drug-likeness (QED) is 0.841. The van der Waals surface area contributed by atoms with E-state index in [0.29, 0.717) is 0 Å². The Bertz CT molecular complexity index is 289. The summed E-state index contributed by atoms with van der Waals surface area (Å²) in [6, 6.07) is 5.73. The Kier molecular flexibility index (Phi) is 2.97. The number of halogens is 2. The van der Waals surface area contributed by atoms with Crippen LogP contribution in [0.4, 0.5) is 0 Å². The van der Waals surface area contributed by atoms with Gasteiger partial charge in [-0.05, 0) is 57.3 Å². The molecule has 0 atom stereocenters. The van der Waals surface area contributed by atoms with Crippen molar-refractivity contribution >= 4 is 31.9 Å². The maximum absolute atomic E-state index is 9.74. The van der Waals surface area contributed by atoms with Gasteiger partial charge in [-0.1, -0.05) is 12.1 Å². The first-order valence-electron chi connectivity index (χ1n) is 3.60. The molecule has 12 heavy (non-hydrogen) atoms. The fraction of sp³-hybridized carbons (Fsp3) is 0.333. The largest absolute Gasteiger partial charge is 0.386 e. The highest BCUT2D eigenvalue weighted by atomic mass is 79.9. The molecule has 0 aliphatic heterocycles. The van der Waals surface area contributed by atoms with Crippen LogP contribution in [0.5, 0.6) is 0 Å².